The van der Waals surface area contributed by atoms with Crippen LogP contribution in [0.1, 0.15) is 11.3 Å². The zero-order valence-electron chi connectivity index (χ0n) is 8.74. The Kier molecular flexibility index (Phi) is 3.74. The van der Waals surface area contributed by atoms with Crippen LogP contribution in [0.25, 0.3) is 0 Å². The first-order chi connectivity index (χ1) is 7.65. The van der Waals surface area contributed by atoms with Gasteiger partial charge in [-0.1, -0.05) is 29.4 Å². The first-order valence-corrected chi connectivity index (χ1v) is 6.98. The van der Waals surface area contributed by atoms with E-state index >= 15 is 0 Å². The molecule has 0 unspecified atom stereocenters. The fourth-order valence-corrected chi connectivity index (χ4v) is 3.14. The molecule has 0 radical (unpaired) electrons. The molecule has 2 nitrogen and oxygen atoms in total. The highest BCUT2D eigenvalue weighted by atomic mass is 35.5. The van der Waals surface area contributed by atoms with Crippen LogP contribution in [0.2, 0.25) is 5.02 Å². The Bertz CT molecular complexity index is 496. The highest BCUT2D eigenvalue weighted by Crippen LogP contribution is 2.28. The van der Waals surface area contributed by atoms with Crippen molar-refractivity contribution in [2.45, 2.75) is 17.0 Å². The SMILES string of the molecule is Cc1csc(SCc2ccc(Cl)c(N)c2)n1. The smallest absolute Gasteiger partial charge is 0.150 e. The quantitative estimate of drug-likeness (QED) is 0.677. The fraction of sp³-hybridized carbons (Fsp3) is 0.182. The highest BCUT2D eigenvalue weighted by molar-refractivity contribution is 8.00. The van der Waals surface area contributed by atoms with Crippen LogP contribution in [-0.4, -0.2) is 4.98 Å². The van der Waals surface area contributed by atoms with Crippen LogP contribution in [-0.2, 0) is 5.75 Å². The molecule has 0 saturated heterocycles. The summed E-state index contributed by atoms with van der Waals surface area (Å²) in [6.07, 6.45) is 0. The summed E-state index contributed by atoms with van der Waals surface area (Å²) in [5, 5.41) is 2.66. The minimum absolute atomic E-state index is 0.610. The molecule has 0 aliphatic carbocycles. The van der Waals surface area contributed by atoms with Gasteiger partial charge in [0.15, 0.2) is 0 Å². The molecule has 1 heterocycles. The van der Waals surface area contributed by atoms with Crippen LogP contribution in [0.4, 0.5) is 5.69 Å². The molecule has 84 valence electrons. The zero-order chi connectivity index (χ0) is 11.5. The number of benzene rings is 1. The summed E-state index contributed by atoms with van der Waals surface area (Å²) in [5.74, 6) is 0.869. The van der Waals surface area contributed by atoms with Crippen LogP contribution >= 0.6 is 34.7 Å². The predicted molar refractivity (Wildman–Crippen MR) is 72.3 cm³/mol. The molecule has 1 aromatic heterocycles. The van der Waals surface area contributed by atoms with Gasteiger partial charge in [0, 0.05) is 16.8 Å². The number of hydrogen-bond acceptors (Lipinski definition) is 4. The summed E-state index contributed by atoms with van der Waals surface area (Å²) in [7, 11) is 0. The van der Waals surface area contributed by atoms with E-state index in [0.29, 0.717) is 10.7 Å². The van der Waals surface area contributed by atoms with Gasteiger partial charge in [0.1, 0.15) is 4.34 Å². The average molecular weight is 271 g/mol. The summed E-state index contributed by atoms with van der Waals surface area (Å²) >= 11 is 9.25. The minimum atomic E-state index is 0.610. The van der Waals surface area contributed by atoms with E-state index in [2.05, 4.69) is 10.4 Å². The molecule has 0 spiro atoms. The third kappa shape index (κ3) is 2.90. The summed E-state index contributed by atoms with van der Waals surface area (Å²) in [6.45, 7) is 2.00. The summed E-state index contributed by atoms with van der Waals surface area (Å²) in [6, 6.07) is 5.74. The fourth-order valence-electron chi connectivity index (χ4n) is 1.23. The number of nitrogen functional groups attached to an aromatic ring is 1. The van der Waals surface area contributed by atoms with Gasteiger partial charge in [0.2, 0.25) is 0 Å². The van der Waals surface area contributed by atoms with E-state index in [0.717, 1.165) is 15.8 Å². The van der Waals surface area contributed by atoms with Crippen molar-refractivity contribution in [2.75, 3.05) is 5.73 Å². The Morgan fingerprint density at radius 1 is 1.50 bits per heavy atom. The Balaban J connectivity index is 2.02. The van der Waals surface area contributed by atoms with E-state index in [9.17, 15) is 0 Å². The van der Waals surface area contributed by atoms with Crippen molar-refractivity contribution in [1.29, 1.82) is 0 Å². The normalized spacial score (nSPS) is 10.6. The van der Waals surface area contributed by atoms with Gasteiger partial charge in [-0.3, -0.25) is 0 Å². The molecule has 2 N–H and O–H groups in total. The van der Waals surface area contributed by atoms with Crippen LogP contribution < -0.4 is 5.73 Å². The van der Waals surface area contributed by atoms with Crippen LogP contribution in [0.15, 0.2) is 27.9 Å². The molecule has 2 aromatic rings. The molecule has 1 aromatic carbocycles. The number of anilines is 1. The second-order valence-electron chi connectivity index (χ2n) is 3.40. The number of rotatable bonds is 3. The van der Waals surface area contributed by atoms with Gasteiger partial charge in [-0.2, -0.15) is 0 Å². The van der Waals surface area contributed by atoms with Crippen molar-refractivity contribution in [3.63, 3.8) is 0 Å². The topological polar surface area (TPSA) is 38.9 Å². The first kappa shape index (κ1) is 11.8. The monoisotopic (exact) mass is 270 g/mol. The van der Waals surface area contributed by atoms with Crippen molar-refractivity contribution >= 4 is 40.4 Å². The molecule has 0 fully saturated rings. The van der Waals surface area contributed by atoms with Gasteiger partial charge < -0.3 is 5.73 Å². The van der Waals surface area contributed by atoms with Gasteiger partial charge >= 0.3 is 0 Å². The van der Waals surface area contributed by atoms with Gasteiger partial charge in [0.25, 0.3) is 0 Å². The van der Waals surface area contributed by atoms with Crippen molar-refractivity contribution in [3.05, 3.63) is 39.9 Å². The van der Waals surface area contributed by atoms with Crippen molar-refractivity contribution in [3.8, 4) is 0 Å². The molecular formula is C11H11ClN2S2. The van der Waals surface area contributed by atoms with Crippen molar-refractivity contribution < 1.29 is 0 Å². The van der Waals surface area contributed by atoms with E-state index in [1.165, 1.54) is 5.56 Å². The number of thiazole rings is 1. The lowest BCUT2D eigenvalue weighted by Crippen LogP contribution is -1.88. The summed E-state index contributed by atoms with van der Waals surface area (Å²) in [4.78, 5) is 4.39. The Hall–Kier alpha value is -0.710. The molecule has 0 aliphatic rings. The molecule has 0 amide bonds. The number of hydrogen-bond donors (Lipinski definition) is 1. The summed E-state index contributed by atoms with van der Waals surface area (Å²) < 4.78 is 1.09. The lowest BCUT2D eigenvalue weighted by Gasteiger charge is -2.02. The molecule has 2 rings (SSSR count). The van der Waals surface area contributed by atoms with Crippen molar-refractivity contribution in [2.24, 2.45) is 0 Å². The van der Waals surface area contributed by atoms with E-state index in [4.69, 9.17) is 17.3 Å². The number of aryl methyl sites for hydroxylation is 1. The Labute approximate surface area is 108 Å². The lowest BCUT2D eigenvalue weighted by atomic mass is 10.2. The lowest BCUT2D eigenvalue weighted by molar-refractivity contribution is 1.16. The molecule has 16 heavy (non-hydrogen) atoms. The van der Waals surface area contributed by atoms with Gasteiger partial charge in [-0.15, -0.1) is 11.3 Å². The number of nitrogens with zero attached hydrogens (tertiary/aromatic N) is 1. The molecule has 0 aliphatic heterocycles. The average Bonchev–Trinajstić information content (AvgIpc) is 2.66. The Morgan fingerprint density at radius 2 is 2.31 bits per heavy atom. The maximum atomic E-state index is 5.86. The second-order valence-corrected chi connectivity index (χ2v) is 5.89. The van der Waals surface area contributed by atoms with Crippen molar-refractivity contribution in [1.82, 2.24) is 4.98 Å². The molecule has 0 atom stereocenters. The minimum Gasteiger partial charge on any atom is -0.398 e. The van der Waals surface area contributed by atoms with E-state index in [1.54, 1.807) is 23.1 Å². The largest absolute Gasteiger partial charge is 0.398 e. The van der Waals surface area contributed by atoms with Crippen LogP contribution in [0.5, 0.6) is 0 Å². The van der Waals surface area contributed by atoms with Crippen LogP contribution in [0.3, 0.4) is 0 Å². The predicted octanol–water partition coefficient (Wildman–Crippen LogP) is 3.98. The number of aromatic nitrogens is 1. The molecule has 0 bridgehead atoms. The first-order valence-electron chi connectivity index (χ1n) is 4.74. The van der Waals surface area contributed by atoms with E-state index in [-0.39, 0.29) is 0 Å². The number of nitrogens with two attached hydrogens (primary N) is 1. The third-order valence-corrected chi connectivity index (χ3v) is 4.57. The number of thioether (sulfide) groups is 1. The number of halogens is 1. The van der Waals surface area contributed by atoms with Gasteiger partial charge in [-0.25, -0.2) is 4.98 Å². The molecule has 0 saturated carbocycles. The van der Waals surface area contributed by atoms with E-state index < -0.39 is 0 Å². The molecular weight excluding hydrogens is 260 g/mol. The van der Waals surface area contributed by atoms with Gasteiger partial charge in [-0.05, 0) is 24.6 Å². The standard InChI is InChI=1S/C11H11ClN2S2/c1-7-5-15-11(14-7)16-6-8-2-3-9(12)10(13)4-8/h2-5H,6,13H2,1H3. The Morgan fingerprint density at radius 3 is 2.94 bits per heavy atom. The maximum absolute atomic E-state index is 5.86. The van der Waals surface area contributed by atoms with E-state index in [1.807, 2.05) is 25.1 Å². The second kappa shape index (κ2) is 5.08. The third-order valence-electron chi connectivity index (χ3n) is 2.02. The summed E-state index contributed by atoms with van der Waals surface area (Å²) in [5.41, 5.74) is 8.61. The molecule has 5 heteroatoms. The highest BCUT2D eigenvalue weighted by Gasteiger charge is 2.02. The maximum Gasteiger partial charge on any atom is 0.150 e. The zero-order valence-corrected chi connectivity index (χ0v) is 11.1. The van der Waals surface area contributed by atoms with Crippen LogP contribution in [0, 0.1) is 6.92 Å². The van der Waals surface area contributed by atoms with Gasteiger partial charge in [0.05, 0.1) is 10.7 Å².